The Hall–Kier alpha value is -3.66. The number of nitrogens with one attached hydrogen (secondary N) is 2. The predicted molar refractivity (Wildman–Crippen MR) is 120 cm³/mol. The molecule has 0 radical (unpaired) electrons. The summed E-state index contributed by atoms with van der Waals surface area (Å²) in [5.74, 6) is -4.13. The predicted octanol–water partition coefficient (Wildman–Crippen LogP) is 3.97. The lowest BCUT2D eigenvalue weighted by Crippen LogP contribution is -2.22. The molecule has 0 aliphatic heterocycles. The maximum atomic E-state index is 14.2. The first-order valence-electron chi connectivity index (χ1n) is 10.4. The molecule has 0 atom stereocenters. The summed E-state index contributed by atoms with van der Waals surface area (Å²) in [7, 11) is 0. The van der Waals surface area contributed by atoms with Crippen molar-refractivity contribution < 1.29 is 18.0 Å². The minimum absolute atomic E-state index is 0.0957. The molecule has 1 fully saturated rings. The number of carbonyl (C=O) groups is 1. The number of amides is 1. The molecule has 0 bridgehead atoms. The highest BCUT2D eigenvalue weighted by Gasteiger charge is 2.22. The number of anilines is 2. The molecule has 6 N–H and O–H groups in total. The number of aromatic nitrogens is 2. The molecular weight excluding hydrogens is 435 g/mol. The largest absolute Gasteiger partial charge is 0.397 e. The van der Waals surface area contributed by atoms with E-state index < -0.39 is 45.7 Å². The van der Waals surface area contributed by atoms with Gasteiger partial charge in [0.25, 0.3) is 5.91 Å². The van der Waals surface area contributed by atoms with E-state index in [1.165, 1.54) is 50.6 Å². The molecule has 0 spiro atoms. The number of H-pyrrole nitrogens is 1. The van der Waals surface area contributed by atoms with Crippen LogP contribution in [0.2, 0.25) is 0 Å². The number of pyridine rings is 2. The third kappa shape index (κ3) is 5.98. The highest BCUT2D eigenvalue weighted by atomic mass is 19.1. The molecule has 4 rings (SSSR count). The van der Waals surface area contributed by atoms with Gasteiger partial charge in [-0.05, 0) is 25.0 Å². The maximum Gasteiger partial charge on any atom is 0.276 e. The quantitative estimate of drug-likeness (QED) is 0.471. The van der Waals surface area contributed by atoms with Gasteiger partial charge in [0.2, 0.25) is 5.43 Å². The van der Waals surface area contributed by atoms with Crippen molar-refractivity contribution in [3.8, 4) is 11.3 Å². The van der Waals surface area contributed by atoms with Gasteiger partial charge in [-0.15, -0.1) is 0 Å². The van der Waals surface area contributed by atoms with Crippen LogP contribution in [0, 0.1) is 17.5 Å². The van der Waals surface area contributed by atoms with E-state index in [2.05, 4.69) is 15.3 Å². The van der Waals surface area contributed by atoms with Gasteiger partial charge in [0.05, 0.1) is 11.3 Å². The van der Waals surface area contributed by atoms with Gasteiger partial charge in [-0.2, -0.15) is 0 Å². The third-order valence-electron chi connectivity index (χ3n) is 5.14. The van der Waals surface area contributed by atoms with Gasteiger partial charge in [0, 0.05) is 30.6 Å². The van der Waals surface area contributed by atoms with Gasteiger partial charge in [0.1, 0.15) is 23.0 Å². The lowest BCUT2D eigenvalue weighted by Gasteiger charge is -2.15. The van der Waals surface area contributed by atoms with Crippen LogP contribution in [-0.2, 0) is 0 Å². The zero-order valence-electron chi connectivity index (χ0n) is 17.7. The number of nitrogens with two attached hydrogens (primary N) is 2. The number of aromatic amines is 1. The average molecular weight is 459 g/mol. The summed E-state index contributed by atoms with van der Waals surface area (Å²) < 4.78 is 42.0. The monoisotopic (exact) mass is 459 g/mol. The second kappa shape index (κ2) is 10.8. The molecule has 33 heavy (non-hydrogen) atoms. The lowest BCUT2D eigenvalue weighted by atomic mass is 9.97. The van der Waals surface area contributed by atoms with Crippen LogP contribution in [0.3, 0.4) is 0 Å². The van der Waals surface area contributed by atoms with Crippen molar-refractivity contribution in [2.45, 2.75) is 38.1 Å². The van der Waals surface area contributed by atoms with Crippen LogP contribution in [0.15, 0.2) is 47.5 Å². The molecule has 174 valence electrons. The van der Waals surface area contributed by atoms with Crippen molar-refractivity contribution in [3.63, 3.8) is 0 Å². The van der Waals surface area contributed by atoms with Crippen molar-refractivity contribution in [2.75, 3.05) is 11.1 Å². The molecular formula is C23H24F3N5O2. The van der Waals surface area contributed by atoms with Crippen molar-refractivity contribution in [2.24, 2.45) is 5.73 Å². The molecule has 0 unspecified atom stereocenters. The Labute approximate surface area is 188 Å². The minimum atomic E-state index is -1.10. The number of rotatable bonds is 3. The first-order valence-corrected chi connectivity index (χ1v) is 10.4. The molecule has 1 aromatic carbocycles. The Morgan fingerprint density at radius 1 is 1.06 bits per heavy atom. The summed E-state index contributed by atoms with van der Waals surface area (Å²) in [5, 5.41) is 2.26. The first-order chi connectivity index (χ1) is 15.8. The number of halogens is 3. The van der Waals surface area contributed by atoms with Crippen molar-refractivity contribution in [1.29, 1.82) is 0 Å². The van der Waals surface area contributed by atoms with Crippen molar-refractivity contribution in [1.82, 2.24) is 9.97 Å². The number of nitrogen functional groups attached to an aromatic ring is 1. The smallest absolute Gasteiger partial charge is 0.276 e. The fourth-order valence-corrected chi connectivity index (χ4v) is 3.41. The summed E-state index contributed by atoms with van der Waals surface area (Å²) in [6.45, 7) is 0. The third-order valence-corrected chi connectivity index (χ3v) is 5.14. The molecule has 1 aliphatic carbocycles. The molecule has 1 aliphatic rings. The number of nitrogens with zero attached hydrogens (tertiary/aromatic N) is 1. The van der Waals surface area contributed by atoms with E-state index in [-0.39, 0.29) is 11.4 Å². The van der Waals surface area contributed by atoms with Crippen LogP contribution < -0.4 is 22.2 Å². The van der Waals surface area contributed by atoms with E-state index in [0.29, 0.717) is 6.04 Å². The van der Waals surface area contributed by atoms with Crippen molar-refractivity contribution >= 4 is 17.3 Å². The maximum absolute atomic E-state index is 14.2. The zero-order chi connectivity index (χ0) is 24.0. The normalized spacial score (nSPS) is 13.7. The van der Waals surface area contributed by atoms with E-state index in [4.69, 9.17) is 11.5 Å². The molecule has 2 heterocycles. The summed E-state index contributed by atoms with van der Waals surface area (Å²) in [4.78, 5) is 30.3. The molecule has 7 nitrogen and oxygen atoms in total. The highest BCUT2D eigenvalue weighted by molar-refractivity contribution is 6.06. The lowest BCUT2D eigenvalue weighted by molar-refractivity contribution is 0.102. The van der Waals surface area contributed by atoms with Gasteiger partial charge in [-0.25, -0.2) is 18.2 Å². The van der Waals surface area contributed by atoms with Crippen LogP contribution >= 0.6 is 0 Å². The zero-order valence-corrected chi connectivity index (χ0v) is 17.7. The Morgan fingerprint density at radius 3 is 2.30 bits per heavy atom. The Balaban J connectivity index is 0.000000374. The molecule has 10 heteroatoms. The van der Waals surface area contributed by atoms with Gasteiger partial charge >= 0.3 is 0 Å². The summed E-state index contributed by atoms with van der Waals surface area (Å²) in [6, 6.07) is 5.42. The fourth-order valence-electron chi connectivity index (χ4n) is 3.41. The van der Waals surface area contributed by atoms with E-state index >= 15 is 0 Å². The number of benzene rings is 1. The minimum Gasteiger partial charge on any atom is -0.397 e. The Bertz CT molecular complexity index is 1170. The van der Waals surface area contributed by atoms with Gasteiger partial charge < -0.3 is 21.8 Å². The molecule has 0 saturated heterocycles. The van der Waals surface area contributed by atoms with E-state index in [9.17, 15) is 22.8 Å². The van der Waals surface area contributed by atoms with E-state index in [0.717, 1.165) is 24.3 Å². The number of carbonyl (C=O) groups excluding carboxylic acids is 1. The number of hydrogen-bond acceptors (Lipinski definition) is 5. The summed E-state index contributed by atoms with van der Waals surface area (Å²) >= 11 is 0. The topological polar surface area (TPSA) is 127 Å². The van der Waals surface area contributed by atoms with Gasteiger partial charge in [0.15, 0.2) is 11.5 Å². The molecule has 2 aromatic heterocycles. The number of hydrogen-bond donors (Lipinski definition) is 4. The average Bonchev–Trinajstić information content (AvgIpc) is 2.77. The van der Waals surface area contributed by atoms with Crippen molar-refractivity contribution in [3.05, 3.63) is 76.1 Å². The van der Waals surface area contributed by atoms with Crippen LogP contribution in [0.5, 0.6) is 0 Å². The van der Waals surface area contributed by atoms with Crippen LogP contribution in [0.1, 0.15) is 42.6 Å². The summed E-state index contributed by atoms with van der Waals surface area (Å²) in [5.41, 5.74) is 8.39. The Kier molecular flexibility index (Phi) is 7.83. The highest BCUT2D eigenvalue weighted by Crippen LogP contribution is 2.29. The SMILES string of the molecule is NC1CCCCC1.Nc1cc(F)c(-c2c(F)cccc2F)nc1C(=O)Nc1c[nH]ccc1=O. The standard InChI is InChI=1S/C17H11F3N4O2.C6H13N/c18-8-2-1-3-9(19)14(8)15-10(20)6-11(21)16(24-15)17(26)23-12-7-22-5-4-13(12)25;7-6-4-2-1-3-5-6/h1-7H,21H2,(H,22,25)(H,23,26);6H,1-5,7H2. The fraction of sp³-hybridized carbons (Fsp3) is 0.261. The van der Waals surface area contributed by atoms with E-state index in [1.54, 1.807) is 0 Å². The second-order valence-electron chi connectivity index (χ2n) is 7.63. The van der Waals surface area contributed by atoms with Gasteiger partial charge in [-0.1, -0.05) is 25.3 Å². The van der Waals surface area contributed by atoms with Gasteiger partial charge in [-0.3, -0.25) is 9.59 Å². The van der Waals surface area contributed by atoms with E-state index in [1.807, 2.05) is 0 Å². The van der Waals surface area contributed by atoms with Crippen LogP contribution in [-0.4, -0.2) is 21.9 Å². The molecule has 1 saturated carbocycles. The first kappa shape index (κ1) is 24.0. The molecule has 3 aromatic rings. The summed E-state index contributed by atoms with van der Waals surface area (Å²) in [6.07, 6.45) is 9.26. The second-order valence-corrected chi connectivity index (χ2v) is 7.63. The Morgan fingerprint density at radius 2 is 1.73 bits per heavy atom. The van der Waals surface area contributed by atoms with Crippen LogP contribution in [0.25, 0.3) is 11.3 Å². The molecule has 1 amide bonds. The van der Waals surface area contributed by atoms with Crippen LogP contribution in [0.4, 0.5) is 24.5 Å².